The third-order valence-corrected chi connectivity index (χ3v) is 4.30. The molecular formula is C14H19N3O2S. The normalized spacial score (nSPS) is 12.7. The highest BCUT2D eigenvalue weighted by Crippen LogP contribution is 2.22. The lowest BCUT2D eigenvalue weighted by molar-refractivity contribution is 0.0900. The number of nitrogens with zero attached hydrogens (tertiary/aromatic N) is 2. The molecule has 2 rings (SSSR count). The Morgan fingerprint density at radius 3 is 2.65 bits per heavy atom. The fraction of sp³-hybridized carbons (Fsp3) is 0.429. The molecule has 0 bridgehead atoms. The number of aliphatic hydroxyl groups is 1. The van der Waals surface area contributed by atoms with Gasteiger partial charge in [-0.05, 0) is 25.0 Å². The van der Waals surface area contributed by atoms with E-state index in [-0.39, 0.29) is 24.5 Å². The first-order chi connectivity index (χ1) is 9.52. The molecule has 1 atom stereocenters. The summed E-state index contributed by atoms with van der Waals surface area (Å²) in [5.74, 6) is 0.00672. The van der Waals surface area contributed by atoms with Gasteiger partial charge < -0.3 is 15.0 Å². The van der Waals surface area contributed by atoms with Crippen LogP contribution in [0.2, 0.25) is 0 Å². The molecular weight excluding hydrogens is 274 g/mol. The molecule has 0 radical (unpaired) electrons. The van der Waals surface area contributed by atoms with E-state index in [0.29, 0.717) is 10.6 Å². The van der Waals surface area contributed by atoms with Crippen LogP contribution in [0.15, 0.2) is 24.5 Å². The van der Waals surface area contributed by atoms with Gasteiger partial charge in [-0.25, -0.2) is 4.98 Å². The second kappa shape index (κ2) is 6.19. The Kier molecular flexibility index (Phi) is 4.57. The van der Waals surface area contributed by atoms with Crippen LogP contribution < -0.4 is 5.32 Å². The fourth-order valence-electron chi connectivity index (χ4n) is 1.82. The summed E-state index contributed by atoms with van der Waals surface area (Å²) >= 11 is 1.35. The van der Waals surface area contributed by atoms with E-state index in [1.807, 2.05) is 49.9 Å². The minimum Gasteiger partial charge on any atom is -0.394 e. The van der Waals surface area contributed by atoms with Crippen molar-refractivity contribution in [3.05, 3.63) is 35.1 Å². The van der Waals surface area contributed by atoms with Crippen molar-refractivity contribution in [2.75, 3.05) is 6.61 Å². The van der Waals surface area contributed by atoms with E-state index in [0.717, 1.165) is 5.13 Å². The van der Waals surface area contributed by atoms with E-state index in [9.17, 15) is 9.90 Å². The van der Waals surface area contributed by atoms with Crippen molar-refractivity contribution in [2.24, 2.45) is 5.92 Å². The lowest BCUT2D eigenvalue weighted by atomic mass is 10.1. The lowest BCUT2D eigenvalue weighted by Crippen LogP contribution is -2.41. The quantitative estimate of drug-likeness (QED) is 0.886. The maximum atomic E-state index is 12.3. The molecule has 108 valence electrons. The Balaban J connectivity index is 2.18. The van der Waals surface area contributed by atoms with Gasteiger partial charge in [0.1, 0.15) is 4.88 Å². The Labute approximate surface area is 122 Å². The number of aromatic nitrogens is 2. The lowest BCUT2D eigenvalue weighted by Gasteiger charge is -2.19. The molecule has 0 fully saturated rings. The van der Waals surface area contributed by atoms with E-state index in [1.54, 1.807) is 0 Å². The summed E-state index contributed by atoms with van der Waals surface area (Å²) in [4.78, 5) is 17.3. The molecule has 0 aliphatic carbocycles. The van der Waals surface area contributed by atoms with E-state index < -0.39 is 0 Å². The van der Waals surface area contributed by atoms with Crippen LogP contribution in [-0.4, -0.2) is 33.2 Å². The number of thiazole rings is 1. The molecule has 6 heteroatoms. The molecule has 2 heterocycles. The molecule has 20 heavy (non-hydrogen) atoms. The van der Waals surface area contributed by atoms with Gasteiger partial charge in [-0.3, -0.25) is 4.79 Å². The molecule has 0 aliphatic rings. The SMILES string of the molecule is Cc1nc(-n2cccc2)sc1C(=O)N[C@H](CO)C(C)C. The first-order valence-electron chi connectivity index (χ1n) is 6.55. The highest BCUT2D eigenvalue weighted by molar-refractivity contribution is 7.16. The van der Waals surface area contributed by atoms with Crippen molar-refractivity contribution in [1.82, 2.24) is 14.9 Å². The maximum absolute atomic E-state index is 12.3. The van der Waals surface area contributed by atoms with Gasteiger partial charge in [0.15, 0.2) is 5.13 Å². The topological polar surface area (TPSA) is 67.2 Å². The number of amides is 1. The van der Waals surface area contributed by atoms with Crippen LogP contribution in [0.4, 0.5) is 0 Å². The number of hydrogen-bond acceptors (Lipinski definition) is 4. The number of nitrogens with one attached hydrogen (secondary N) is 1. The van der Waals surface area contributed by atoms with Crippen LogP contribution in [0.3, 0.4) is 0 Å². The fourth-order valence-corrected chi connectivity index (χ4v) is 2.76. The van der Waals surface area contributed by atoms with Crippen LogP contribution in [0.25, 0.3) is 5.13 Å². The number of rotatable bonds is 5. The summed E-state index contributed by atoms with van der Waals surface area (Å²) < 4.78 is 1.88. The third kappa shape index (κ3) is 3.08. The van der Waals surface area contributed by atoms with Crippen molar-refractivity contribution in [3.63, 3.8) is 0 Å². The standard InChI is InChI=1S/C14H19N3O2S/c1-9(2)11(8-18)16-13(19)12-10(3)15-14(20-12)17-6-4-5-7-17/h4-7,9,11,18H,8H2,1-3H3,(H,16,19)/t11-/m1/s1. The Morgan fingerprint density at radius 1 is 1.45 bits per heavy atom. The second-order valence-electron chi connectivity index (χ2n) is 5.01. The molecule has 0 aliphatic heterocycles. The molecule has 1 amide bonds. The van der Waals surface area contributed by atoms with Crippen LogP contribution >= 0.6 is 11.3 Å². The highest BCUT2D eigenvalue weighted by atomic mass is 32.1. The molecule has 0 saturated carbocycles. The predicted molar refractivity (Wildman–Crippen MR) is 79.4 cm³/mol. The van der Waals surface area contributed by atoms with Gasteiger partial charge in [-0.1, -0.05) is 25.2 Å². The Hall–Kier alpha value is -1.66. The number of carbonyl (C=O) groups is 1. The molecule has 0 spiro atoms. The van der Waals surface area contributed by atoms with E-state index in [4.69, 9.17) is 0 Å². The molecule has 0 unspecified atom stereocenters. The monoisotopic (exact) mass is 293 g/mol. The van der Waals surface area contributed by atoms with Gasteiger partial charge in [-0.15, -0.1) is 0 Å². The molecule has 2 aromatic rings. The third-order valence-electron chi connectivity index (χ3n) is 3.13. The minimum absolute atomic E-state index is 0.0638. The summed E-state index contributed by atoms with van der Waals surface area (Å²) in [5.41, 5.74) is 0.705. The van der Waals surface area contributed by atoms with Crippen LogP contribution in [0.1, 0.15) is 29.2 Å². The zero-order valence-corrected chi connectivity index (χ0v) is 12.6. The summed E-state index contributed by atoms with van der Waals surface area (Å²) in [6, 6.07) is 3.59. The molecule has 5 nitrogen and oxygen atoms in total. The second-order valence-corrected chi connectivity index (χ2v) is 5.99. The largest absolute Gasteiger partial charge is 0.394 e. The maximum Gasteiger partial charge on any atom is 0.263 e. The van der Waals surface area contributed by atoms with Gasteiger partial charge in [0.25, 0.3) is 5.91 Å². The molecule has 2 N–H and O–H groups in total. The molecule has 2 aromatic heterocycles. The average molecular weight is 293 g/mol. The Morgan fingerprint density at radius 2 is 2.10 bits per heavy atom. The van der Waals surface area contributed by atoms with Crippen molar-refractivity contribution >= 4 is 17.2 Å². The number of aryl methyl sites for hydroxylation is 1. The van der Waals surface area contributed by atoms with E-state index in [1.165, 1.54) is 11.3 Å². The first-order valence-corrected chi connectivity index (χ1v) is 7.37. The van der Waals surface area contributed by atoms with Gasteiger partial charge >= 0.3 is 0 Å². The van der Waals surface area contributed by atoms with Crippen LogP contribution in [0.5, 0.6) is 0 Å². The van der Waals surface area contributed by atoms with E-state index in [2.05, 4.69) is 10.3 Å². The van der Waals surface area contributed by atoms with Crippen molar-refractivity contribution in [2.45, 2.75) is 26.8 Å². The summed E-state index contributed by atoms with van der Waals surface area (Å²) in [6.07, 6.45) is 3.79. The van der Waals surface area contributed by atoms with Gasteiger partial charge in [0.05, 0.1) is 18.3 Å². The number of aliphatic hydroxyl groups excluding tert-OH is 1. The average Bonchev–Trinajstić information content (AvgIpc) is 3.03. The predicted octanol–water partition coefficient (Wildman–Crippen LogP) is 1.99. The molecule has 0 saturated heterocycles. The zero-order valence-electron chi connectivity index (χ0n) is 11.8. The van der Waals surface area contributed by atoms with Crippen LogP contribution in [-0.2, 0) is 0 Å². The number of carbonyl (C=O) groups excluding carboxylic acids is 1. The number of hydrogen-bond donors (Lipinski definition) is 2. The van der Waals surface area contributed by atoms with Crippen molar-refractivity contribution < 1.29 is 9.90 Å². The van der Waals surface area contributed by atoms with Crippen LogP contribution in [0, 0.1) is 12.8 Å². The summed E-state index contributed by atoms with van der Waals surface area (Å²) in [7, 11) is 0. The van der Waals surface area contributed by atoms with Gasteiger partial charge in [-0.2, -0.15) is 0 Å². The summed E-state index contributed by atoms with van der Waals surface area (Å²) in [5, 5.41) is 12.9. The highest BCUT2D eigenvalue weighted by Gasteiger charge is 2.20. The van der Waals surface area contributed by atoms with Crippen molar-refractivity contribution in [3.8, 4) is 5.13 Å². The molecule has 0 aromatic carbocycles. The smallest absolute Gasteiger partial charge is 0.263 e. The van der Waals surface area contributed by atoms with Gasteiger partial charge in [0.2, 0.25) is 0 Å². The van der Waals surface area contributed by atoms with E-state index >= 15 is 0 Å². The minimum atomic E-state index is -0.237. The van der Waals surface area contributed by atoms with Gasteiger partial charge in [0, 0.05) is 12.4 Å². The first kappa shape index (κ1) is 14.7. The van der Waals surface area contributed by atoms with Crippen molar-refractivity contribution in [1.29, 1.82) is 0 Å². The zero-order chi connectivity index (χ0) is 14.7. The Bertz CT molecular complexity index is 575. The summed E-state index contributed by atoms with van der Waals surface area (Å²) in [6.45, 7) is 5.69.